The van der Waals surface area contributed by atoms with Gasteiger partial charge in [-0.3, -0.25) is 0 Å². The van der Waals surface area contributed by atoms with Gasteiger partial charge in [0.25, 0.3) is 0 Å². The molecule has 0 atom stereocenters. The second-order valence-electron chi connectivity index (χ2n) is 5.07. The van der Waals surface area contributed by atoms with Crippen LogP contribution in [-0.4, -0.2) is 4.40 Å². The van der Waals surface area contributed by atoms with Gasteiger partial charge in [-0.2, -0.15) is 0 Å². The summed E-state index contributed by atoms with van der Waals surface area (Å²) in [6, 6.07) is 23.9. The second kappa shape index (κ2) is 18.2. The molecule has 0 aliphatic rings. The van der Waals surface area contributed by atoms with E-state index in [1.165, 1.54) is 38.1 Å². The average molecular weight is 422 g/mol. The third-order valence-electron chi connectivity index (χ3n) is 4.13. The van der Waals surface area contributed by atoms with Gasteiger partial charge in [0, 0.05) is 21.5 Å². The molecule has 2 heterocycles. The molecule has 1 nitrogen and oxygen atoms in total. The van der Waals surface area contributed by atoms with Crippen LogP contribution in [0.3, 0.4) is 0 Å². The molecule has 31 heavy (non-hydrogen) atoms. The summed E-state index contributed by atoms with van der Waals surface area (Å²) in [5.41, 5.74) is 3.95. The fraction of sp³-hybridized carbons (Fsp3) is 0.400. The lowest BCUT2D eigenvalue weighted by Gasteiger charge is -1.95. The predicted octanol–water partition coefficient (Wildman–Crippen LogP) is 11.0. The van der Waals surface area contributed by atoms with Crippen molar-refractivity contribution < 1.29 is 0 Å². The van der Waals surface area contributed by atoms with E-state index in [9.17, 15) is 0 Å². The summed E-state index contributed by atoms with van der Waals surface area (Å²) >= 11 is 0. The Bertz CT molecular complexity index is 973. The topological polar surface area (TPSA) is 4.41 Å². The molecule has 172 valence electrons. The summed E-state index contributed by atoms with van der Waals surface area (Å²) in [5.74, 6) is 0. The zero-order valence-electron chi connectivity index (χ0n) is 22.3. The standard InChI is InChI=1S/C18H11N.6C2H6/c1-3-10-16-12(6-1)14-8-5-9-15-13-7-2-4-11-17(13)19(16)18(14)15;6*1-2/h1-11H;6*1-2H3. The lowest BCUT2D eigenvalue weighted by molar-refractivity contribution is 1.37. The molecule has 0 saturated heterocycles. The van der Waals surface area contributed by atoms with Gasteiger partial charge in [-0.25, -0.2) is 0 Å². The van der Waals surface area contributed by atoms with E-state index in [4.69, 9.17) is 0 Å². The van der Waals surface area contributed by atoms with Gasteiger partial charge in [-0.1, -0.05) is 138 Å². The minimum atomic E-state index is 1.30. The quantitative estimate of drug-likeness (QED) is 0.234. The van der Waals surface area contributed by atoms with Gasteiger partial charge < -0.3 is 4.40 Å². The summed E-state index contributed by atoms with van der Waals surface area (Å²) in [7, 11) is 0. The lowest BCUT2D eigenvalue weighted by Crippen LogP contribution is -1.78. The highest BCUT2D eigenvalue weighted by Gasteiger charge is 2.15. The molecule has 0 saturated carbocycles. The largest absolute Gasteiger partial charge is 0.308 e. The summed E-state index contributed by atoms with van der Waals surface area (Å²) in [4.78, 5) is 0. The predicted molar refractivity (Wildman–Crippen MR) is 149 cm³/mol. The first-order valence-corrected chi connectivity index (χ1v) is 12.6. The van der Waals surface area contributed by atoms with Crippen molar-refractivity contribution in [2.24, 2.45) is 0 Å². The van der Waals surface area contributed by atoms with Gasteiger partial charge in [0.05, 0.1) is 16.6 Å². The fourth-order valence-electron chi connectivity index (χ4n) is 3.38. The van der Waals surface area contributed by atoms with Gasteiger partial charge in [0.15, 0.2) is 0 Å². The number of benzene rings is 3. The Morgan fingerprint density at radius 3 is 1.00 bits per heavy atom. The number of aromatic nitrogens is 1. The molecule has 0 N–H and O–H groups in total. The van der Waals surface area contributed by atoms with Crippen LogP contribution in [0.15, 0.2) is 66.7 Å². The minimum absolute atomic E-state index is 1.30. The van der Waals surface area contributed by atoms with Crippen LogP contribution < -0.4 is 0 Å². The first-order chi connectivity index (χ1) is 15.4. The van der Waals surface area contributed by atoms with Crippen LogP contribution in [0.25, 0.3) is 38.1 Å². The first kappa shape index (κ1) is 30.7. The van der Waals surface area contributed by atoms with Crippen LogP contribution in [0, 0.1) is 0 Å². The number of rotatable bonds is 0. The Morgan fingerprint density at radius 1 is 0.355 bits per heavy atom. The van der Waals surface area contributed by atoms with Crippen molar-refractivity contribution >= 4 is 38.1 Å². The molecule has 0 aliphatic carbocycles. The van der Waals surface area contributed by atoms with Crippen LogP contribution in [0.2, 0.25) is 0 Å². The molecule has 0 fully saturated rings. The second-order valence-corrected chi connectivity index (χ2v) is 5.07. The normalized spacial score (nSPS) is 8.65. The van der Waals surface area contributed by atoms with Crippen molar-refractivity contribution in [3.63, 3.8) is 0 Å². The molecule has 0 bridgehead atoms. The summed E-state index contributed by atoms with van der Waals surface area (Å²) in [6.07, 6.45) is 0. The van der Waals surface area contributed by atoms with Crippen molar-refractivity contribution in [3.05, 3.63) is 66.7 Å². The maximum atomic E-state index is 2.40. The summed E-state index contributed by atoms with van der Waals surface area (Å²) < 4.78 is 2.40. The van der Waals surface area contributed by atoms with E-state index in [0.717, 1.165) is 0 Å². The monoisotopic (exact) mass is 421 g/mol. The number of hydrogen-bond donors (Lipinski definition) is 0. The number of hydrogen-bond acceptors (Lipinski definition) is 0. The van der Waals surface area contributed by atoms with E-state index in [2.05, 4.69) is 71.1 Å². The van der Waals surface area contributed by atoms with E-state index >= 15 is 0 Å². The third kappa shape index (κ3) is 6.23. The minimum Gasteiger partial charge on any atom is -0.308 e. The van der Waals surface area contributed by atoms with Crippen molar-refractivity contribution in [3.8, 4) is 0 Å². The van der Waals surface area contributed by atoms with E-state index in [-0.39, 0.29) is 0 Å². The van der Waals surface area contributed by atoms with Crippen molar-refractivity contribution in [1.29, 1.82) is 0 Å². The van der Waals surface area contributed by atoms with Gasteiger partial charge in [0.2, 0.25) is 0 Å². The van der Waals surface area contributed by atoms with Crippen molar-refractivity contribution in [1.82, 2.24) is 4.40 Å². The van der Waals surface area contributed by atoms with Gasteiger partial charge in [-0.15, -0.1) is 0 Å². The SMILES string of the molecule is CC.CC.CC.CC.CC.CC.c1ccc2c(c1)c1cccc3c4ccccc4n2c13. The van der Waals surface area contributed by atoms with Crippen LogP contribution in [-0.2, 0) is 0 Å². The van der Waals surface area contributed by atoms with Crippen molar-refractivity contribution in [2.75, 3.05) is 0 Å². The third-order valence-corrected chi connectivity index (χ3v) is 4.13. The van der Waals surface area contributed by atoms with E-state index in [1.54, 1.807) is 0 Å². The van der Waals surface area contributed by atoms with Gasteiger partial charge >= 0.3 is 0 Å². The van der Waals surface area contributed by atoms with E-state index in [1.807, 2.05) is 83.1 Å². The molecular weight excluding hydrogens is 374 g/mol. The lowest BCUT2D eigenvalue weighted by atomic mass is 10.1. The molecule has 1 heteroatoms. The Hall–Kier alpha value is -2.54. The maximum absolute atomic E-state index is 2.40. The van der Waals surface area contributed by atoms with Crippen LogP contribution in [0.5, 0.6) is 0 Å². The number of fused-ring (bicyclic) bond motifs is 6. The Balaban J connectivity index is 0. The van der Waals surface area contributed by atoms with Gasteiger partial charge in [-0.05, 0) is 12.1 Å². The van der Waals surface area contributed by atoms with Gasteiger partial charge in [0.1, 0.15) is 0 Å². The zero-order valence-corrected chi connectivity index (χ0v) is 22.3. The maximum Gasteiger partial charge on any atom is 0.0620 e. The Labute approximate surface area is 192 Å². The average Bonchev–Trinajstić information content (AvgIpc) is 3.44. The molecule has 0 aliphatic heterocycles. The number of nitrogens with zero attached hydrogens (tertiary/aromatic N) is 1. The smallest absolute Gasteiger partial charge is 0.0620 e. The highest BCUT2D eigenvalue weighted by Crippen LogP contribution is 2.38. The molecule has 0 spiro atoms. The highest BCUT2D eigenvalue weighted by molar-refractivity contribution is 6.23. The first-order valence-electron chi connectivity index (χ1n) is 12.6. The van der Waals surface area contributed by atoms with Crippen LogP contribution >= 0.6 is 0 Å². The molecule has 0 radical (unpaired) electrons. The molecule has 3 aromatic carbocycles. The van der Waals surface area contributed by atoms with Crippen LogP contribution in [0.4, 0.5) is 0 Å². The molecule has 0 amide bonds. The van der Waals surface area contributed by atoms with Crippen molar-refractivity contribution in [2.45, 2.75) is 83.1 Å². The number of para-hydroxylation sites is 3. The molecule has 2 aromatic heterocycles. The summed E-state index contributed by atoms with van der Waals surface area (Å²) in [6.45, 7) is 24.0. The molecule has 5 rings (SSSR count). The Kier molecular flexibility index (Phi) is 18.0. The van der Waals surface area contributed by atoms with E-state index in [0.29, 0.717) is 0 Å². The molecule has 5 aromatic rings. The fourth-order valence-corrected chi connectivity index (χ4v) is 3.38. The Morgan fingerprint density at radius 2 is 0.645 bits per heavy atom. The zero-order chi connectivity index (χ0) is 24.4. The summed E-state index contributed by atoms with van der Waals surface area (Å²) in [5, 5.41) is 5.39. The van der Waals surface area contributed by atoms with E-state index < -0.39 is 0 Å². The highest BCUT2D eigenvalue weighted by atomic mass is 14.9. The molecule has 0 unspecified atom stereocenters. The van der Waals surface area contributed by atoms with Crippen LogP contribution in [0.1, 0.15) is 83.1 Å². The molecular formula is C30H47N.